The van der Waals surface area contributed by atoms with Crippen molar-refractivity contribution in [3.63, 3.8) is 0 Å². The Morgan fingerprint density at radius 2 is 1.64 bits per heavy atom. The van der Waals surface area contributed by atoms with Gasteiger partial charge in [-0.15, -0.1) is 0 Å². The summed E-state index contributed by atoms with van der Waals surface area (Å²) in [6.07, 6.45) is 12.6. The molecule has 2 fully saturated rings. The number of rotatable bonds is 2. The quantitative estimate of drug-likeness (QED) is 0.757. The topological polar surface area (TPSA) is 65.5 Å². The Morgan fingerprint density at radius 3 is 2.36 bits per heavy atom. The number of carbonyl (C=O) groups excluding carboxylic acids is 2. The van der Waals surface area contributed by atoms with E-state index in [4.69, 9.17) is 11.6 Å². The Labute approximate surface area is 171 Å². The van der Waals surface area contributed by atoms with Crippen molar-refractivity contribution < 1.29 is 9.59 Å². The predicted octanol–water partition coefficient (Wildman–Crippen LogP) is 3.99. The Hall–Kier alpha value is -1.66. The molecule has 4 rings (SSSR count). The highest BCUT2D eigenvalue weighted by atomic mass is 35.5. The summed E-state index contributed by atoms with van der Waals surface area (Å²) >= 11 is 6.15. The van der Waals surface area contributed by atoms with E-state index in [2.05, 4.69) is 15.2 Å². The zero-order valence-corrected chi connectivity index (χ0v) is 17.1. The largest absolute Gasteiger partial charge is 0.309 e. The van der Waals surface area contributed by atoms with Crippen LogP contribution in [0, 0.1) is 0 Å². The number of anilines is 2. The van der Waals surface area contributed by atoms with E-state index in [1.807, 2.05) is 0 Å². The molecule has 1 saturated carbocycles. The number of hydrogen-bond donors (Lipinski definition) is 1. The van der Waals surface area contributed by atoms with Crippen LogP contribution in [0.3, 0.4) is 0 Å². The van der Waals surface area contributed by atoms with Crippen LogP contribution >= 0.6 is 11.6 Å². The molecule has 2 aliphatic heterocycles. The van der Waals surface area contributed by atoms with Crippen molar-refractivity contribution in [2.24, 2.45) is 0 Å². The molecule has 3 aliphatic rings. The standard InChI is InChI=1S/C21H29ClN4O2/c22-15-12-18-21(23-14-15)24-19(27)13-20(28)26(18)17-8-10-25(11-9-17)16-6-4-2-1-3-5-7-16/h12,14,16-17H,1-11,13H2,(H,23,24,27). The summed E-state index contributed by atoms with van der Waals surface area (Å²) < 4.78 is 0. The van der Waals surface area contributed by atoms with Crippen molar-refractivity contribution >= 4 is 34.9 Å². The van der Waals surface area contributed by atoms with E-state index >= 15 is 0 Å². The Bertz CT molecular complexity index is 725. The highest BCUT2D eigenvalue weighted by molar-refractivity contribution is 6.31. The highest BCUT2D eigenvalue weighted by Gasteiger charge is 2.35. The van der Waals surface area contributed by atoms with Crippen LogP contribution in [-0.2, 0) is 9.59 Å². The van der Waals surface area contributed by atoms with Crippen LogP contribution in [0.2, 0.25) is 5.02 Å². The molecule has 6 nitrogen and oxygen atoms in total. The number of aromatic nitrogens is 1. The third-order valence-corrected chi connectivity index (χ3v) is 6.59. The zero-order chi connectivity index (χ0) is 19.5. The molecular weight excluding hydrogens is 376 g/mol. The van der Waals surface area contributed by atoms with Crippen molar-refractivity contribution in [3.8, 4) is 0 Å². The molecule has 28 heavy (non-hydrogen) atoms. The van der Waals surface area contributed by atoms with E-state index in [0.29, 0.717) is 22.6 Å². The first-order valence-corrected chi connectivity index (χ1v) is 11.0. The maximum absolute atomic E-state index is 12.8. The van der Waals surface area contributed by atoms with Gasteiger partial charge < -0.3 is 15.1 Å². The highest BCUT2D eigenvalue weighted by Crippen LogP contribution is 2.34. The van der Waals surface area contributed by atoms with Gasteiger partial charge in [-0.3, -0.25) is 9.59 Å². The van der Waals surface area contributed by atoms with Gasteiger partial charge in [-0.1, -0.05) is 43.7 Å². The summed E-state index contributed by atoms with van der Waals surface area (Å²) in [4.78, 5) is 33.6. The summed E-state index contributed by atoms with van der Waals surface area (Å²) in [5.74, 6) is -0.0389. The lowest BCUT2D eigenvalue weighted by Gasteiger charge is -2.41. The lowest BCUT2D eigenvalue weighted by molar-refractivity contribution is -0.125. The second-order valence-corrected chi connectivity index (χ2v) is 8.71. The minimum absolute atomic E-state index is 0.0871. The molecule has 152 valence electrons. The molecule has 7 heteroatoms. The first-order valence-electron chi connectivity index (χ1n) is 10.6. The summed E-state index contributed by atoms with van der Waals surface area (Å²) in [5.41, 5.74) is 0.632. The Balaban J connectivity index is 1.48. The van der Waals surface area contributed by atoms with Gasteiger partial charge in [0.05, 0.1) is 10.7 Å². The van der Waals surface area contributed by atoms with E-state index in [9.17, 15) is 9.59 Å². The van der Waals surface area contributed by atoms with Crippen LogP contribution in [0.1, 0.15) is 64.2 Å². The average molecular weight is 405 g/mol. The molecule has 0 radical (unpaired) electrons. The van der Waals surface area contributed by atoms with E-state index in [1.165, 1.54) is 51.1 Å². The molecule has 1 aromatic heterocycles. The van der Waals surface area contributed by atoms with Crippen LogP contribution < -0.4 is 10.2 Å². The molecule has 0 bridgehead atoms. The molecule has 3 heterocycles. The first-order chi connectivity index (χ1) is 13.6. The SMILES string of the molecule is O=C1CC(=O)N(C2CCN(C3CCCCCCC3)CC2)c2cc(Cl)cnc2N1. The number of piperidine rings is 1. The van der Waals surface area contributed by atoms with Gasteiger partial charge in [-0.25, -0.2) is 4.98 Å². The smallest absolute Gasteiger partial charge is 0.236 e. The third-order valence-electron chi connectivity index (χ3n) is 6.39. The van der Waals surface area contributed by atoms with Crippen LogP contribution in [0.4, 0.5) is 11.5 Å². The average Bonchev–Trinajstić information content (AvgIpc) is 2.76. The predicted molar refractivity (Wildman–Crippen MR) is 111 cm³/mol. The maximum atomic E-state index is 12.8. The Kier molecular flexibility index (Phi) is 6.16. The molecule has 0 atom stereocenters. The van der Waals surface area contributed by atoms with E-state index in [1.54, 1.807) is 11.0 Å². The Morgan fingerprint density at radius 1 is 0.964 bits per heavy atom. The minimum Gasteiger partial charge on any atom is -0.309 e. The van der Waals surface area contributed by atoms with Crippen molar-refractivity contribution in [2.75, 3.05) is 23.3 Å². The number of carbonyl (C=O) groups is 2. The fourth-order valence-corrected chi connectivity index (χ4v) is 5.10. The first kappa shape index (κ1) is 19.6. The summed E-state index contributed by atoms with van der Waals surface area (Å²) in [7, 11) is 0. The molecule has 1 aliphatic carbocycles. The van der Waals surface area contributed by atoms with Crippen molar-refractivity contribution in [3.05, 3.63) is 17.3 Å². The summed E-state index contributed by atoms with van der Waals surface area (Å²) in [6.45, 7) is 2.01. The molecule has 0 aromatic carbocycles. The van der Waals surface area contributed by atoms with Gasteiger partial charge in [0.15, 0.2) is 5.82 Å². The number of nitrogens with one attached hydrogen (secondary N) is 1. The normalized spacial score (nSPS) is 23.5. The minimum atomic E-state index is -0.310. The van der Waals surface area contributed by atoms with Crippen molar-refractivity contribution in [1.82, 2.24) is 9.88 Å². The summed E-state index contributed by atoms with van der Waals surface area (Å²) in [6, 6.07) is 2.52. The summed E-state index contributed by atoms with van der Waals surface area (Å²) in [5, 5.41) is 3.21. The number of likely N-dealkylation sites (tertiary alicyclic amines) is 1. The number of pyridine rings is 1. The molecule has 2 amide bonds. The van der Waals surface area contributed by atoms with E-state index < -0.39 is 0 Å². The second kappa shape index (κ2) is 8.78. The van der Waals surface area contributed by atoms with Crippen LogP contribution in [-0.4, -0.2) is 46.9 Å². The van der Waals surface area contributed by atoms with Gasteiger partial charge in [-0.2, -0.15) is 0 Å². The van der Waals surface area contributed by atoms with E-state index in [-0.39, 0.29) is 24.3 Å². The van der Waals surface area contributed by atoms with Crippen molar-refractivity contribution in [2.45, 2.75) is 76.3 Å². The lowest BCUT2D eigenvalue weighted by Crippen LogP contribution is -2.50. The van der Waals surface area contributed by atoms with Crippen LogP contribution in [0.5, 0.6) is 0 Å². The zero-order valence-electron chi connectivity index (χ0n) is 16.3. The molecule has 1 saturated heterocycles. The van der Waals surface area contributed by atoms with Crippen LogP contribution in [0.15, 0.2) is 12.3 Å². The number of fused-ring (bicyclic) bond motifs is 1. The second-order valence-electron chi connectivity index (χ2n) is 8.28. The number of hydrogen-bond acceptors (Lipinski definition) is 4. The molecular formula is C21H29ClN4O2. The monoisotopic (exact) mass is 404 g/mol. The van der Waals surface area contributed by atoms with E-state index in [0.717, 1.165) is 25.9 Å². The van der Waals surface area contributed by atoms with Gasteiger partial charge >= 0.3 is 0 Å². The molecule has 1 aromatic rings. The third kappa shape index (κ3) is 4.33. The molecule has 0 spiro atoms. The van der Waals surface area contributed by atoms with Gasteiger partial charge in [0.25, 0.3) is 0 Å². The fourth-order valence-electron chi connectivity index (χ4n) is 4.95. The van der Waals surface area contributed by atoms with Gasteiger partial charge in [0, 0.05) is 31.4 Å². The fraction of sp³-hybridized carbons (Fsp3) is 0.667. The van der Waals surface area contributed by atoms with Gasteiger partial charge in [0.2, 0.25) is 11.8 Å². The van der Waals surface area contributed by atoms with Crippen LogP contribution in [0.25, 0.3) is 0 Å². The lowest BCUT2D eigenvalue weighted by atomic mass is 9.93. The number of amides is 2. The maximum Gasteiger partial charge on any atom is 0.236 e. The number of nitrogens with zero attached hydrogens (tertiary/aromatic N) is 3. The molecule has 1 N–H and O–H groups in total. The van der Waals surface area contributed by atoms with Gasteiger partial charge in [-0.05, 0) is 31.7 Å². The number of halogens is 1. The molecule has 0 unspecified atom stereocenters. The van der Waals surface area contributed by atoms with Crippen molar-refractivity contribution in [1.29, 1.82) is 0 Å². The van der Waals surface area contributed by atoms with Gasteiger partial charge in [0.1, 0.15) is 6.42 Å².